The highest BCUT2D eigenvalue weighted by atomic mass is 16.5. The second-order valence-electron chi connectivity index (χ2n) is 7.45. The van der Waals surface area contributed by atoms with Crippen LogP contribution < -0.4 is 10.3 Å². The fraction of sp³-hybridized carbons (Fsp3) is 0.292. The number of aromatic nitrogens is 3. The van der Waals surface area contributed by atoms with Gasteiger partial charge in [-0.15, -0.1) is 6.42 Å². The molecule has 1 aliphatic heterocycles. The average Bonchev–Trinajstić information content (AvgIpc) is 2.79. The number of ether oxygens (including phenoxy) is 1. The Bertz CT molecular complexity index is 1080. The van der Waals surface area contributed by atoms with Gasteiger partial charge in [0, 0.05) is 36.5 Å². The number of likely N-dealkylation sites (tertiary alicyclic amines) is 1. The van der Waals surface area contributed by atoms with E-state index >= 15 is 0 Å². The third kappa shape index (κ3) is 4.94. The number of hydrogen-bond acceptors (Lipinski definition) is 5. The topological polar surface area (TPSA) is 71.1 Å². The summed E-state index contributed by atoms with van der Waals surface area (Å²) < 4.78 is 5.52. The van der Waals surface area contributed by atoms with Crippen molar-refractivity contribution in [3.8, 4) is 29.5 Å². The number of hydrogen-bond donors (Lipinski definition) is 1. The highest BCUT2D eigenvalue weighted by molar-refractivity contribution is 5.53. The first-order chi connectivity index (χ1) is 14.7. The lowest BCUT2D eigenvalue weighted by Crippen LogP contribution is -2.33. The van der Waals surface area contributed by atoms with Gasteiger partial charge in [-0.3, -0.25) is 14.7 Å². The third-order valence-corrected chi connectivity index (χ3v) is 5.35. The predicted molar refractivity (Wildman–Crippen MR) is 116 cm³/mol. The van der Waals surface area contributed by atoms with Crippen LogP contribution in [0.15, 0.2) is 59.7 Å². The van der Waals surface area contributed by atoms with Gasteiger partial charge in [-0.25, -0.2) is 4.98 Å². The molecule has 1 aliphatic rings. The summed E-state index contributed by atoms with van der Waals surface area (Å²) in [4.78, 5) is 26.2. The molecule has 1 N–H and O–H groups in total. The molecule has 2 aromatic heterocycles. The van der Waals surface area contributed by atoms with E-state index in [2.05, 4.69) is 26.9 Å². The Hall–Kier alpha value is -3.43. The Labute approximate surface area is 176 Å². The molecule has 4 rings (SSSR count). The van der Waals surface area contributed by atoms with Gasteiger partial charge >= 0.3 is 0 Å². The van der Waals surface area contributed by atoms with Crippen molar-refractivity contribution in [3.63, 3.8) is 0 Å². The van der Waals surface area contributed by atoms with Gasteiger partial charge in [0.1, 0.15) is 18.2 Å². The van der Waals surface area contributed by atoms with E-state index in [1.165, 1.54) is 5.56 Å². The van der Waals surface area contributed by atoms with Crippen LogP contribution in [0, 0.1) is 12.3 Å². The highest BCUT2D eigenvalue weighted by Crippen LogP contribution is 2.28. The Morgan fingerprint density at radius 1 is 1.17 bits per heavy atom. The van der Waals surface area contributed by atoms with Crippen molar-refractivity contribution >= 4 is 0 Å². The first kappa shape index (κ1) is 19.9. The summed E-state index contributed by atoms with van der Waals surface area (Å²) in [6, 6.07) is 13.4. The molecule has 0 unspecified atom stereocenters. The summed E-state index contributed by atoms with van der Waals surface area (Å²) in [6.07, 6.45) is 10.6. The van der Waals surface area contributed by atoms with Gasteiger partial charge in [-0.1, -0.05) is 18.1 Å². The van der Waals surface area contributed by atoms with Crippen LogP contribution in [-0.4, -0.2) is 39.5 Å². The van der Waals surface area contributed by atoms with Gasteiger partial charge in [-0.05, 0) is 55.8 Å². The van der Waals surface area contributed by atoms with Crippen molar-refractivity contribution in [1.82, 2.24) is 19.9 Å². The second-order valence-corrected chi connectivity index (χ2v) is 7.45. The molecular weight excluding hydrogens is 376 g/mol. The number of nitrogens with zero attached hydrogens (tertiary/aromatic N) is 3. The molecule has 1 aromatic carbocycles. The number of H-pyrrole nitrogens is 1. The minimum atomic E-state index is -0.113. The lowest BCUT2D eigenvalue weighted by molar-refractivity contribution is 0.203. The number of terminal acetylenes is 1. The number of aromatic amines is 1. The van der Waals surface area contributed by atoms with E-state index in [0.717, 1.165) is 49.5 Å². The fourth-order valence-corrected chi connectivity index (χ4v) is 3.84. The third-order valence-electron chi connectivity index (χ3n) is 5.35. The average molecular weight is 400 g/mol. The monoisotopic (exact) mass is 400 g/mol. The normalized spacial score (nSPS) is 14.9. The molecule has 0 aliphatic carbocycles. The number of nitrogens with one attached hydrogen (secondary N) is 1. The Morgan fingerprint density at radius 3 is 2.73 bits per heavy atom. The van der Waals surface area contributed by atoms with E-state index in [1.807, 2.05) is 30.3 Å². The summed E-state index contributed by atoms with van der Waals surface area (Å²) in [6.45, 7) is 3.06. The summed E-state index contributed by atoms with van der Waals surface area (Å²) in [5.41, 5.74) is 2.83. The van der Waals surface area contributed by atoms with Crippen LogP contribution in [-0.2, 0) is 6.54 Å². The first-order valence-electron chi connectivity index (χ1n) is 10.1. The van der Waals surface area contributed by atoms with Crippen molar-refractivity contribution in [2.45, 2.75) is 25.3 Å². The van der Waals surface area contributed by atoms with Crippen molar-refractivity contribution < 1.29 is 4.74 Å². The highest BCUT2D eigenvalue weighted by Gasteiger charge is 2.22. The minimum Gasteiger partial charge on any atom is -0.481 e. The molecule has 6 heteroatoms. The lowest BCUT2D eigenvalue weighted by atomic mass is 9.93. The molecule has 3 aromatic rings. The van der Waals surface area contributed by atoms with Crippen molar-refractivity contribution in [1.29, 1.82) is 0 Å². The number of piperidine rings is 1. The van der Waals surface area contributed by atoms with Crippen LogP contribution >= 0.6 is 0 Å². The minimum absolute atomic E-state index is 0.113. The van der Waals surface area contributed by atoms with E-state index in [0.29, 0.717) is 5.82 Å². The molecule has 0 atom stereocenters. The summed E-state index contributed by atoms with van der Waals surface area (Å²) in [5.74, 6) is 4.18. The molecule has 0 spiro atoms. The van der Waals surface area contributed by atoms with Gasteiger partial charge < -0.3 is 9.72 Å². The summed E-state index contributed by atoms with van der Waals surface area (Å²) >= 11 is 0. The van der Waals surface area contributed by atoms with Crippen LogP contribution in [0.25, 0.3) is 11.4 Å². The van der Waals surface area contributed by atoms with Crippen molar-refractivity contribution in [2.75, 3.05) is 19.7 Å². The van der Waals surface area contributed by atoms with Gasteiger partial charge in [0.15, 0.2) is 0 Å². The zero-order valence-corrected chi connectivity index (χ0v) is 16.8. The van der Waals surface area contributed by atoms with E-state index in [-0.39, 0.29) is 18.1 Å². The maximum Gasteiger partial charge on any atom is 0.251 e. The molecule has 30 heavy (non-hydrogen) atoms. The van der Waals surface area contributed by atoms with Crippen LogP contribution in [0.1, 0.15) is 30.0 Å². The Kier molecular flexibility index (Phi) is 6.21. The standard InChI is InChI=1S/C24H24N4O2/c1-2-14-30-21-5-3-4-18(15-21)17-28-12-8-19(9-13-28)22-16-23(29)27-24(26-22)20-6-10-25-11-7-20/h1,3-7,10-11,15-16,19H,8-9,12-14,17H2,(H,26,27,29). The van der Waals surface area contributed by atoms with Gasteiger partial charge in [0.2, 0.25) is 0 Å². The van der Waals surface area contributed by atoms with Crippen LogP contribution in [0.2, 0.25) is 0 Å². The van der Waals surface area contributed by atoms with Crippen molar-refractivity contribution in [3.05, 3.63) is 76.5 Å². The summed E-state index contributed by atoms with van der Waals surface area (Å²) in [5, 5.41) is 0. The van der Waals surface area contributed by atoms with Crippen molar-refractivity contribution in [2.24, 2.45) is 0 Å². The van der Waals surface area contributed by atoms with E-state index in [4.69, 9.17) is 16.1 Å². The Morgan fingerprint density at radius 2 is 1.97 bits per heavy atom. The maximum absolute atomic E-state index is 12.2. The zero-order chi connectivity index (χ0) is 20.8. The quantitative estimate of drug-likeness (QED) is 0.644. The summed E-state index contributed by atoms with van der Waals surface area (Å²) in [7, 11) is 0. The molecule has 6 nitrogen and oxygen atoms in total. The van der Waals surface area contributed by atoms with Crippen LogP contribution in [0.4, 0.5) is 0 Å². The molecule has 3 heterocycles. The van der Waals surface area contributed by atoms with Gasteiger partial charge in [0.05, 0.1) is 5.69 Å². The molecule has 0 radical (unpaired) electrons. The number of pyridine rings is 1. The molecule has 0 amide bonds. The molecular formula is C24H24N4O2. The molecule has 0 bridgehead atoms. The maximum atomic E-state index is 12.2. The van der Waals surface area contributed by atoms with Crippen LogP contribution in [0.3, 0.4) is 0 Å². The Balaban J connectivity index is 1.40. The molecule has 1 saturated heterocycles. The zero-order valence-electron chi connectivity index (χ0n) is 16.8. The fourth-order valence-electron chi connectivity index (χ4n) is 3.84. The van der Waals surface area contributed by atoms with Gasteiger partial charge in [-0.2, -0.15) is 0 Å². The molecule has 1 fully saturated rings. The van der Waals surface area contributed by atoms with E-state index in [1.54, 1.807) is 18.5 Å². The number of rotatable bonds is 6. The lowest BCUT2D eigenvalue weighted by Gasteiger charge is -2.31. The first-order valence-corrected chi connectivity index (χ1v) is 10.1. The smallest absolute Gasteiger partial charge is 0.251 e. The molecule has 0 saturated carbocycles. The largest absolute Gasteiger partial charge is 0.481 e. The van der Waals surface area contributed by atoms with Gasteiger partial charge in [0.25, 0.3) is 5.56 Å². The van der Waals surface area contributed by atoms with Crippen LogP contribution in [0.5, 0.6) is 5.75 Å². The second kappa shape index (κ2) is 9.38. The van der Waals surface area contributed by atoms with E-state index < -0.39 is 0 Å². The SMILES string of the molecule is C#CCOc1cccc(CN2CCC(c3cc(=O)[nH]c(-c4ccncc4)n3)CC2)c1. The number of benzene rings is 1. The van der Waals surface area contributed by atoms with E-state index in [9.17, 15) is 4.79 Å². The predicted octanol–water partition coefficient (Wildman–Crippen LogP) is 3.22. The molecule has 152 valence electrons.